The molecule has 0 aromatic heterocycles. The fourth-order valence-corrected chi connectivity index (χ4v) is 5.65. The highest BCUT2D eigenvalue weighted by Crippen LogP contribution is 2.57. The maximum Gasteiger partial charge on any atom is 0.166 e. The van der Waals surface area contributed by atoms with Gasteiger partial charge in [0.15, 0.2) is 11.5 Å². The minimum absolute atomic E-state index is 0.0322. The molecule has 0 saturated carbocycles. The molecule has 2 aliphatic heterocycles. The van der Waals surface area contributed by atoms with Crippen LogP contribution in [-0.2, 0) is 18.5 Å². The Kier molecular flexibility index (Phi) is 4.27. The Hall–Kier alpha value is -2.30. The lowest BCUT2D eigenvalue weighted by Crippen LogP contribution is -2.46. The molecule has 4 nitrogen and oxygen atoms in total. The molecular weight excluding hydrogens is 362 g/mol. The first-order valence-electron chi connectivity index (χ1n) is 10.6. The maximum absolute atomic E-state index is 10.3. The molecule has 0 amide bonds. The van der Waals surface area contributed by atoms with Crippen molar-refractivity contribution in [2.24, 2.45) is 0 Å². The predicted molar refractivity (Wildman–Crippen MR) is 113 cm³/mol. The van der Waals surface area contributed by atoms with Gasteiger partial charge in [-0.15, -0.1) is 0 Å². The third kappa shape index (κ3) is 2.89. The van der Waals surface area contributed by atoms with Crippen molar-refractivity contribution in [3.8, 4) is 11.5 Å². The molecule has 3 aliphatic rings. The molecule has 0 radical (unpaired) electrons. The first kappa shape index (κ1) is 18.7. The minimum Gasteiger partial charge on any atom is -0.493 e. The molecule has 1 unspecified atom stereocenters. The first-order valence-corrected chi connectivity index (χ1v) is 10.6. The highest BCUT2D eigenvalue weighted by Gasteiger charge is 2.55. The van der Waals surface area contributed by atoms with Crippen molar-refractivity contribution in [1.29, 1.82) is 0 Å². The van der Waals surface area contributed by atoms with Crippen molar-refractivity contribution in [1.82, 2.24) is 0 Å². The zero-order valence-corrected chi connectivity index (χ0v) is 17.5. The Morgan fingerprint density at radius 1 is 1.28 bits per heavy atom. The summed E-state index contributed by atoms with van der Waals surface area (Å²) < 4.78 is 13.2. The zero-order chi connectivity index (χ0) is 20.2. The Balaban J connectivity index is 1.65. The predicted octanol–water partition coefficient (Wildman–Crippen LogP) is 3.87. The van der Waals surface area contributed by atoms with Gasteiger partial charge in [0.1, 0.15) is 19.2 Å². The van der Waals surface area contributed by atoms with Gasteiger partial charge in [-0.25, -0.2) is 0 Å². The molecule has 2 aromatic carbocycles. The second-order valence-corrected chi connectivity index (χ2v) is 9.28. The molecule has 2 heterocycles. The fourth-order valence-electron chi connectivity index (χ4n) is 5.65. The van der Waals surface area contributed by atoms with Gasteiger partial charge in [-0.2, -0.15) is 0 Å². The molecule has 0 bridgehead atoms. The van der Waals surface area contributed by atoms with Gasteiger partial charge >= 0.3 is 0 Å². The van der Waals surface area contributed by atoms with Crippen LogP contribution in [0.5, 0.6) is 11.5 Å². The average molecular weight is 393 g/mol. The smallest absolute Gasteiger partial charge is 0.166 e. The van der Waals surface area contributed by atoms with Gasteiger partial charge in [0.2, 0.25) is 0 Å². The SMILES string of the molecule is COc1cc(C)c2c3c1O[C@@H]1C[C@H](O)C=C[C@@]31CC[N+](C)(Cc1ccccc1)C2. The van der Waals surface area contributed by atoms with Gasteiger partial charge in [0.25, 0.3) is 0 Å². The minimum atomic E-state index is -0.441. The van der Waals surface area contributed by atoms with Crippen molar-refractivity contribution in [3.63, 3.8) is 0 Å². The largest absolute Gasteiger partial charge is 0.493 e. The van der Waals surface area contributed by atoms with Crippen LogP contribution in [0.3, 0.4) is 0 Å². The van der Waals surface area contributed by atoms with E-state index in [4.69, 9.17) is 9.47 Å². The average Bonchev–Trinajstić information content (AvgIpc) is 2.97. The summed E-state index contributed by atoms with van der Waals surface area (Å²) in [6.45, 7) is 5.24. The lowest BCUT2D eigenvalue weighted by molar-refractivity contribution is -0.935. The topological polar surface area (TPSA) is 38.7 Å². The molecule has 4 heteroatoms. The standard InChI is InChI=1S/C25H30NO3/c1-17-13-21(28-3)24-23-20(17)16-26(2,15-18-7-5-4-6-8-18)12-11-25(23)10-9-19(27)14-22(25)29-24/h4-10,13,19,22,27H,11-12,14-16H2,1-3H3/q+1/t19-,22-,25+,26?/m1/s1. The number of hydrogen-bond donors (Lipinski definition) is 1. The van der Waals surface area contributed by atoms with Crippen LogP contribution in [0.25, 0.3) is 0 Å². The summed E-state index contributed by atoms with van der Waals surface area (Å²) in [4.78, 5) is 0. The summed E-state index contributed by atoms with van der Waals surface area (Å²) in [6.07, 6.45) is 5.38. The van der Waals surface area contributed by atoms with E-state index in [1.54, 1.807) is 7.11 Å². The maximum atomic E-state index is 10.3. The van der Waals surface area contributed by atoms with Crippen molar-refractivity contribution in [3.05, 3.63) is 70.8 Å². The normalized spacial score (nSPS) is 32.1. The Morgan fingerprint density at radius 3 is 2.83 bits per heavy atom. The van der Waals surface area contributed by atoms with Crippen LogP contribution in [0.4, 0.5) is 0 Å². The van der Waals surface area contributed by atoms with Gasteiger partial charge < -0.3 is 19.1 Å². The van der Waals surface area contributed by atoms with Crippen LogP contribution >= 0.6 is 0 Å². The molecule has 4 atom stereocenters. The lowest BCUT2D eigenvalue weighted by Gasteiger charge is -2.37. The monoisotopic (exact) mass is 392 g/mol. The van der Waals surface area contributed by atoms with E-state index in [1.165, 1.54) is 22.3 Å². The summed E-state index contributed by atoms with van der Waals surface area (Å²) in [5, 5.41) is 10.3. The highest BCUT2D eigenvalue weighted by atomic mass is 16.5. The number of rotatable bonds is 3. The molecular formula is C25H30NO3+. The molecule has 1 aliphatic carbocycles. The van der Waals surface area contributed by atoms with Crippen LogP contribution in [0.1, 0.15) is 35.1 Å². The number of ether oxygens (including phenoxy) is 2. The van der Waals surface area contributed by atoms with E-state index in [-0.39, 0.29) is 11.5 Å². The van der Waals surface area contributed by atoms with Crippen LogP contribution in [0.15, 0.2) is 48.6 Å². The number of quaternary nitrogens is 1. The van der Waals surface area contributed by atoms with E-state index in [0.717, 1.165) is 42.0 Å². The fraction of sp³-hybridized carbons (Fsp3) is 0.440. The second kappa shape index (κ2) is 6.61. The summed E-state index contributed by atoms with van der Waals surface area (Å²) in [6, 6.07) is 12.9. The van der Waals surface area contributed by atoms with Gasteiger partial charge in [0.05, 0.1) is 32.2 Å². The number of benzene rings is 2. The van der Waals surface area contributed by atoms with Crippen molar-refractivity contribution < 1.29 is 19.1 Å². The van der Waals surface area contributed by atoms with Gasteiger partial charge in [-0.3, -0.25) is 0 Å². The second-order valence-electron chi connectivity index (χ2n) is 9.28. The molecule has 5 rings (SSSR count). The molecule has 29 heavy (non-hydrogen) atoms. The summed E-state index contributed by atoms with van der Waals surface area (Å²) >= 11 is 0. The van der Waals surface area contributed by atoms with E-state index in [0.29, 0.717) is 6.42 Å². The van der Waals surface area contributed by atoms with Gasteiger partial charge in [0, 0.05) is 29.5 Å². The first-order chi connectivity index (χ1) is 13.9. The summed E-state index contributed by atoms with van der Waals surface area (Å²) in [5.74, 6) is 1.71. The quantitative estimate of drug-likeness (QED) is 0.637. The Labute approximate surface area is 173 Å². The number of aliphatic hydroxyl groups is 1. The third-order valence-electron chi connectivity index (χ3n) is 7.18. The van der Waals surface area contributed by atoms with E-state index in [2.05, 4.69) is 56.4 Å². The summed E-state index contributed by atoms with van der Waals surface area (Å²) in [7, 11) is 4.09. The van der Waals surface area contributed by atoms with E-state index < -0.39 is 6.10 Å². The van der Waals surface area contributed by atoms with E-state index in [9.17, 15) is 5.11 Å². The lowest BCUT2D eigenvalue weighted by atomic mass is 9.68. The molecule has 1 spiro atoms. The van der Waals surface area contributed by atoms with Crippen LogP contribution < -0.4 is 9.47 Å². The molecule has 0 fully saturated rings. The van der Waals surface area contributed by atoms with Crippen molar-refractivity contribution >= 4 is 0 Å². The van der Waals surface area contributed by atoms with Crippen molar-refractivity contribution in [2.45, 2.75) is 50.5 Å². The number of aliphatic hydroxyl groups excluding tert-OH is 1. The van der Waals surface area contributed by atoms with Crippen LogP contribution in [0, 0.1) is 6.92 Å². The van der Waals surface area contributed by atoms with E-state index in [1.807, 2.05) is 6.08 Å². The number of aryl methyl sites for hydroxylation is 1. The number of hydrogen-bond acceptors (Lipinski definition) is 3. The highest BCUT2D eigenvalue weighted by molar-refractivity contribution is 5.63. The van der Waals surface area contributed by atoms with Gasteiger partial charge in [-0.1, -0.05) is 42.5 Å². The molecule has 0 saturated heterocycles. The third-order valence-corrected chi connectivity index (χ3v) is 7.18. The molecule has 152 valence electrons. The molecule has 2 aromatic rings. The van der Waals surface area contributed by atoms with Crippen LogP contribution in [-0.4, -0.2) is 42.5 Å². The number of methoxy groups -OCH3 is 1. The van der Waals surface area contributed by atoms with Gasteiger partial charge in [-0.05, 0) is 18.6 Å². The Bertz CT molecular complexity index is 970. The number of nitrogens with zero attached hydrogens (tertiary/aromatic N) is 1. The Morgan fingerprint density at radius 2 is 2.07 bits per heavy atom. The van der Waals surface area contributed by atoms with Crippen molar-refractivity contribution in [2.75, 3.05) is 20.7 Å². The zero-order valence-electron chi connectivity index (χ0n) is 17.5. The summed E-state index contributed by atoms with van der Waals surface area (Å²) in [5.41, 5.74) is 5.16. The van der Waals surface area contributed by atoms with E-state index >= 15 is 0 Å². The molecule has 1 N–H and O–H groups in total. The van der Waals surface area contributed by atoms with Crippen LogP contribution in [0.2, 0.25) is 0 Å².